The highest BCUT2D eigenvalue weighted by Gasteiger charge is 2.28. The van der Waals surface area contributed by atoms with Gasteiger partial charge in [0, 0.05) is 17.5 Å². The van der Waals surface area contributed by atoms with Crippen LogP contribution in [0, 0.1) is 0 Å². The third kappa shape index (κ3) is 3.29. The molecular weight excluding hydrogens is 286 g/mol. The lowest BCUT2D eigenvalue weighted by atomic mass is 10.1. The molecule has 21 heavy (non-hydrogen) atoms. The number of morpholine rings is 1. The number of carbonyl (C=O) groups excluding carboxylic acids is 1. The van der Waals surface area contributed by atoms with E-state index in [0.29, 0.717) is 18.3 Å². The maximum Gasteiger partial charge on any atom is 0.245 e. The Morgan fingerprint density at radius 1 is 1.43 bits per heavy atom. The van der Waals surface area contributed by atoms with Gasteiger partial charge in [0.15, 0.2) is 5.13 Å². The average Bonchev–Trinajstić information content (AvgIpc) is 2.97. The van der Waals surface area contributed by atoms with Gasteiger partial charge < -0.3 is 15.4 Å². The normalized spacial score (nSPS) is 22.0. The third-order valence-corrected chi connectivity index (χ3v) is 4.16. The molecule has 0 radical (unpaired) electrons. The molecule has 2 heterocycles. The number of amides is 1. The molecule has 1 aromatic heterocycles. The van der Waals surface area contributed by atoms with Crippen molar-refractivity contribution in [3.8, 4) is 11.3 Å². The van der Waals surface area contributed by atoms with Crippen molar-refractivity contribution in [1.82, 2.24) is 10.3 Å². The van der Waals surface area contributed by atoms with Crippen molar-refractivity contribution in [3.63, 3.8) is 0 Å². The van der Waals surface area contributed by atoms with Crippen molar-refractivity contribution >= 4 is 22.4 Å². The van der Waals surface area contributed by atoms with E-state index in [0.717, 1.165) is 11.3 Å². The summed E-state index contributed by atoms with van der Waals surface area (Å²) in [7, 11) is 0. The summed E-state index contributed by atoms with van der Waals surface area (Å²) in [5.41, 5.74) is 1.92. The van der Waals surface area contributed by atoms with Crippen LogP contribution in [-0.2, 0) is 9.53 Å². The number of nitrogens with zero attached hydrogens (tertiary/aromatic N) is 1. The van der Waals surface area contributed by atoms with Gasteiger partial charge >= 0.3 is 0 Å². The van der Waals surface area contributed by atoms with Crippen molar-refractivity contribution in [3.05, 3.63) is 35.7 Å². The number of nitrogens with one attached hydrogen (secondary N) is 2. The average molecular weight is 303 g/mol. The Morgan fingerprint density at radius 3 is 3.00 bits per heavy atom. The van der Waals surface area contributed by atoms with E-state index < -0.39 is 0 Å². The van der Waals surface area contributed by atoms with Crippen LogP contribution in [0.3, 0.4) is 0 Å². The van der Waals surface area contributed by atoms with Gasteiger partial charge in [-0.25, -0.2) is 4.98 Å². The molecule has 2 aromatic rings. The summed E-state index contributed by atoms with van der Waals surface area (Å²) in [6, 6.07) is 9.58. The fourth-order valence-electron chi connectivity index (χ4n) is 2.28. The summed E-state index contributed by atoms with van der Waals surface area (Å²) >= 11 is 1.43. The Bertz CT molecular complexity index is 614. The molecule has 0 aliphatic carbocycles. The largest absolute Gasteiger partial charge is 0.375 e. The van der Waals surface area contributed by atoms with Gasteiger partial charge in [0.2, 0.25) is 5.91 Å². The van der Waals surface area contributed by atoms with E-state index in [1.54, 1.807) is 0 Å². The molecule has 110 valence electrons. The zero-order valence-corrected chi connectivity index (χ0v) is 12.5. The van der Waals surface area contributed by atoms with E-state index in [9.17, 15) is 4.79 Å². The van der Waals surface area contributed by atoms with Gasteiger partial charge in [-0.15, -0.1) is 11.3 Å². The highest BCUT2D eigenvalue weighted by atomic mass is 32.1. The first-order valence-electron chi connectivity index (χ1n) is 6.91. The van der Waals surface area contributed by atoms with Crippen molar-refractivity contribution in [2.45, 2.75) is 19.1 Å². The van der Waals surface area contributed by atoms with Gasteiger partial charge in [-0.05, 0) is 6.92 Å². The Labute approximate surface area is 127 Å². The van der Waals surface area contributed by atoms with E-state index in [4.69, 9.17) is 4.74 Å². The molecule has 0 saturated carbocycles. The SMILES string of the molecule is C[C@H]1OCCN[C@@H]1C(=O)Nc1nc(-c2ccccc2)cs1. The van der Waals surface area contributed by atoms with Crippen LogP contribution in [0.5, 0.6) is 0 Å². The lowest BCUT2D eigenvalue weighted by Gasteiger charge is -2.28. The van der Waals surface area contributed by atoms with Crippen molar-refractivity contribution < 1.29 is 9.53 Å². The van der Waals surface area contributed by atoms with E-state index in [1.807, 2.05) is 42.6 Å². The lowest BCUT2D eigenvalue weighted by molar-refractivity contribution is -0.123. The van der Waals surface area contributed by atoms with Crippen LogP contribution in [0.2, 0.25) is 0 Å². The summed E-state index contributed by atoms with van der Waals surface area (Å²) in [5.74, 6) is -0.101. The summed E-state index contributed by atoms with van der Waals surface area (Å²) < 4.78 is 5.48. The Kier molecular flexibility index (Phi) is 4.28. The molecule has 1 saturated heterocycles. The number of anilines is 1. The number of hydrogen-bond donors (Lipinski definition) is 2. The second-order valence-corrected chi connectivity index (χ2v) is 5.76. The molecule has 1 amide bonds. The van der Waals surface area contributed by atoms with E-state index in [1.165, 1.54) is 11.3 Å². The van der Waals surface area contributed by atoms with Gasteiger partial charge in [-0.1, -0.05) is 30.3 Å². The van der Waals surface area contributed by atoms with Crippen molar-refractivity contribution in [2.75, 3.05) is 18.5 Å². The lowest BCUT2D eigenvalue weighted by Crippen LogP contribution is -2.53. The summed E-state index contributed by atoms with van der Waals surface area (Å²) in [4.78, 5) is 16.7. The zero-order chi connectivity index (χ0) is 14.7. The monoisotopic (exact) mass is 303 g/mol. The van der Waals surface area contributed by atoms with Gasteiger partial charge in [0.05, 0.1) is 18.4 Å². The van der Waals surface area contributed by atoms with Crippen LogP contribution >= 0.6 is 11.3 Å². The molecule has 0 bridgehead atoms. The van der Waals surface area contributed by atoms with Gasteiger partial charge in [-0.3, -0.25) is 4.79 Å². The summed E-state index contributed by atoms with van der Waals surface area (Å²) in [6.45, 7) is 3.23. The first kappa shape index (κ1) is 14.2. The third-order valence-electron chi connectivity index (χ3n) is 3.40. The smallest absolute Gasteiger partial charge is 0.245 e. The van der Waals surface area contributed by atoms with Crippen LogP contribution in [0.1, 0.15) is 6.92 Å². The number of thiazole rings is 1. The first-order valence-corrected chi connectivity index (χ1v) is 7.79. The molecule has 1 aliphatic rings. The molecule has 3 rings (SSSR count). The number of hydrogen-bond acceptors (Lipinski definition) is 5. The predicted molar refractivity (Wildman–Crippen MR) is 83.4 cm³/mol. The van der Waals surface area contributed by atoms with Crippen LogP contribution in [0.25, 0.3) is 11.3 Å². The molecule has 0 unspecified atom stereocenters. The number of carbonyl (C=O) groups is 1. The Morgan fingerprint density at radius 2 is 2.24 bits per heavy atom. The second kappa shape index (κ2) is 6.34. The highest BCUT2D eigenvalue weighted by Crippen LogP contribution is 2.24. The summed E-state index contributed by atoms with van der Waals surface area (Å²) in [5, 5.41) is 8.58. The quantitative estimate of drug-likeness (QED) is 0.912. The topological polar surface area (TPSA) is 63.2 Å². The number of benzene rings is 1. The Hall–Kier alpha value is -1.76. The highest BCUT2D eigenvalue weighted by molar-refractivity contribution is 7.14. The molecule has 1 aromatic carbocycles. The van der Waals surface area contributed by atoms with Gasteiger partial charge in [0.1, 0.15) is 6.04 Å². The van der Waals surface area contributed by atoms with Crippen molar-refractivity contribution in [2.24, 2.45) is 0 Å². The molecule has 0 spiro atoms. The minimum atomic E-state index is -0.331. The molecular formula is C15H17N3O2S. The van der Waals surface area contributed by atoms with Crippen LogP contribution in [-0.4, -0.2) is 36.2 Å². The van der Waals surface area contributed by atoms with Crippen molar-refractivity contribution in [1.29, 1.82) is 0 Å². The number of ether oxygens (including phenoxy) is 1. The second-order valence-electron chi connectivity index (χ2n) is 4.90. The van der Waals surface area contributed by atoms with E-state index >= 15 is 0 Å². The molecule has 2 N–H and O–H groups in total. The molecule has 1 aliphatic heterocycles. The zero-order valence-electron chi connectivity index (χ0n) is 11.7. The molecule has 2 atom stereocenters. The fraction of sp³-hybridized carbons (Fsp3) is 0.333. The molecule has 5 nitrogen and oxygen atoms in total. The van der Waals surface area contributed by atoms with Crippen LogP contribution in [0.15, 0.2) is 35.7 Å². The fourth-order valence-corrected chi connectivity index (χ4v) is 3.01. The maximum absolute atomic E-state index is 12.2. The van der Waals surface area contributed by atoms with E-state index in [-0.39, 0.29) is 18.1 Å². The van der Waals surface area contributed by atoms with Gasteiger partial charge in [0.25, 0.3) is 0 Å². The Balaban J connectivity index is 1.68. The predicted octanol–water partition coefficient (Wildman–Crippen LogP) is 2.13. The minimum Gasteiger partial charge on any atom is -0.375 e. The molecule has 1 fully saturated rings. The summed E-state index contributed by atoms with van der Waals surface area (Å²) in [6.07, 6.45) is -0.132. The number of rotatable bonds is 3. The number of aromatic nitrogens is 1. The maximum atomic E-state index is 12.2. The first-order chi connectivity index (χ1) is 10.2. The molecule has 6 heteroatoms. The van der Waals surface area contributed by atoms with Crippen LogP contribution < -0.4 is 10.6 Å². The van der Waals surface area contributed by atoms with Gasteiger partial charge in [-0.2, -0.15) is 0 Å². The van der Waals surface area contributed by atoms with E-state index in [2.05, 4.69) is 15.6 Å². The van der Waals surface area contributed by atoms with Crippen LogP contribution in [0.4, 0.5) is 5.13 Å². The minimum absolute atomic E-state index is 0.101. The standard InChI is InChI=1S/C15H17N3O2S/c1-10-13(16-7-8-20-10)14(19)18-15-17-12(9-21-15)11-5-3-2-4-6-11/h2-6,9-10,13,16H,7-8H2,1H3,(H,17,18,19)/t10-,13+/m1/s1.